The van der Waals surface area contributed by atoms with Crippen molar-refractivity contribution in [2.75, 3.05) is 31.5 Å². The van der Waals surface area contributed by atoms with E-state index in [1.807, 2.05) is 13.8 Å². The maximum Gasteiger partial charge on any atom is 0.401 e. The molecule has 1 aromatic heterocycles. The number of hydrogen-bond donors (Lipinski definition) is 1. The molecule has 120 valence electrons. The van der Waals surface area contributed by atoms with Crippen molar-refractivity contribution in [2.24, 2.45) is 5.92 Å². The molecule has 1 fully saturated rings. The van der Waals surface area contributed by atoms with Crippen LogP contribution < -0.4 is 5.32 Å². The van der Waals surface area contributed by atoms with E-state index in [-0.39, 0.29) is 0 Å². The molecule has 0 radical (unpaired) electrons. The Morgan fingerprint density at radius 3 is 2.52 bits per heavy atom. The number of nitrogens with one attached hydrogen (secondary N) is 1. The molecular formula is C13H21F3N4S. The Kier molecular flexibility index (Phi) is 5.43. The smallest absolute Gasteiger partial charge is 0.360 e. The van der Waals surface area contributed by atoms with Crippen LogP contribution in [-0.4, -0.2) is 46.6 Å². The fraction of sp³-hybridized carbons (Fsp3) is 0.846. The highest BCUT2D eigenvalue weighted by molar-refractivity contribution is 7.09. The topological polar surface area (TPSA) is 41.1 Å². The van der Waals surface area contributed by atoms with Crippen molar-refractivity contribution in [3.63, 3.8) is 0 Å². The molecule has 0 saturated carbocycles. The summed E-state index contributed by atoms with van der Waals surface area (Å²) in [6.45, 7) is 5.08. The minimum absolute atomic E-state index is 0.308. The molecule has 4 nitrogen and oxygen atoms in total. The van der Waals surface area contributed by atoms with E-state index in [0.717, 1.165) is 30.3 Å². The maximum atomic E-state index is 12.3. The molecule has 0 atom stereocenters. The lowest BCUT2D eigenvalue weighted by molar-refractivity contribution is -0.148. The molecule has 1 aliphatic heterocycles. The molecule has 0 bridgehead atoms. The highest BCUT2D eigenvalue weighted by Crippen LogP contribution is 2.23. The van der Waals surface area contributed by atoms with Crippen LogP contribution in [0.15, 0.2) is 0 Å². The Bertz CT molecular complexity index is 439. The third kappa shape index (κ3) is 5.43. The van der Waals surface area contributed by atoms with E-state index in [1.165, 1.54) is 16.4 Å². The van der Waals surface area contributed by atoms with Gasteiger partial charge in [-0.15, -0.1) is 0 Å². The molecule has 1 N–H and O–H groups in total. The number of alkyl halides is 3. The van der Waals surface area contributed by atoms with E-state index in [9.17, 15) is 13.2 Å². The Labute approximate surface area is 126 Å². The van der Waals surface area contributed by atoms with Crippen molar-refractivity contribution in [3.8, 4) is 0 Å². The largest absolute Gasteiger partial charge is 0.401 e. The molecule has 21 heavy (non-hydrogen) atoms. The zero-order valence-electron chi connectivity index (χ0n) is 12.3. The lowest BCUT2D eigenvalue weighted by Crippen LogP contribution is -2.41. The third-order valence-corrected chi connectivity index (χ3v) is 4.30. The van der Waals surface area contributed by atoms with E-state index in [1.54, 1.807) is 0 Å². The average Bonchev–Trinajstić information content (AvgIpc) is 2.85. The molecule has 0 spiro atoms. The number of piperidine rings is 1. The molecular weight excluding hydrogens is 301 g/mol. The van der Waals surface area contributed by atoms with Gasteiger partial charge in [-0.1, -0.05) is 13.8 Å². The quantitative estimate of drug-likeness (QED) is 0.902. The summed E-state index contributed by atoms with van der Waals surface area (Å²) in [6, 6.07) is 0. The van der Waals surface area contributed by atoms with Crippen LogP contribution in [0.2, 0.25) is 0 Å². The summed E-state index contributed by atoms with van der Waals surface area (Å²) in [5.41, 5.74) is 0. The van der Waals surface area contributed by atoms with Gasteiger partial charge in [0.05, 0.1) is 6.54 Å². The second-order valence-corrected chi connectivity index (χ2v) is 6.58. The SMILES string of the molecule is CC(C)c1nsc(NCC2CCN(CC(F)(F)F)CC2)n1. The van der Waals surface area contributed by atoms with Crippen molar-refractivity contribution in [1.29, 1.82) is 0 Å². The molecule has 0 amide bonds. The Balaban J connectivity index is 1.71. The Hall–Kier alpha value is -0.890. The summed E-state index contributed by atoms with van der Waals surface area (Å²) in [4.78, 5) is 5.88. The number of halogens is 3. The van der Waals surface area contributed by atoms with E-state index < -0.39 is 12.7 Å². The van der Waals surface area contributed by atoms with E-state index >= 15 is 0 Å². The number of nitrogens with zero attached hydrogens (tertiary/aromatic N) is 3. The van der Waals surface area contributed by atoms with Crippen molar-refractivity contribution in [3.05, 3.63) is 5.82 Å². The van der Waals surface area contributed by atoms with Gasteiger partial charge in [-0.2, -0.15) is 17.5 Å². The van der Waals surface area contributed by atoms with Gasteiger partial charge in [-0.25, -0.2) is 4.98 Å². The maximum absolute atomic E-state index is 12.3. The van der Waals surface area contributed by atoms with Crippen LogP contribution >= 0.6 is 11.5 Å². The molecule has 1 aliphatic rings. The van der Waals surface area contributed by atoms with Crippen LogP contribution in [0.5, 0.6) is 0 Å². The van der Waals surface area contributed by atoms with Crippen LogP contribution in [-0.2, 0) is 0 Å². The highest BCUT2D eigenvalue weighted by atomic mass is 32.1. The molecule has 0 aromatic carbocycles. The van der Waals surface area contributed by atoms with E-state index in [4.69, 9.17) is 0 Å². The lowest BCUT2D eigenvalue weighted by atomic mass is 9.97. The number of likely N-dealkylation sites (tertiary alicyclic amines) is 1. The number of anilines is 1. The van der Waals surface area contributed by atoms with Gasteiger partial charge < -0.3 is 5.32 Å². The summed E-state index contributed by atoms with van der Waals surface area (Å²) in [7, 11) is 0. The van der Waals surface area contributed by atoms with Crippen LogP contribution in [0.3, 0.4) is 0 Å². The standard InChI is InChI=1S/C13H21F3N4S/c1-9(2)11-18-12(21-19-11)17-7-10-3-5-20(6-4-10)8-13(14,15)16/h9-10H,3-8H2,1-2H3,(H,17,18,19). The minimum Gasteiger partial charge on any atom is -0.360 e. The van der Waals surface area contributed by atoms with Crippen LogP contribution in [0, 0.1) is 5.92 Å². The molecule has 1 saturated heterocycles. The van der Waals surface area contributed by atoms with E-state index in [2.05, 4.69) is 14.7 Å². The molecule has 2 heterocycles. The Morgan fingerprint density at radius 1 is 1.33 bits per heavy atom. The van der Waals surface area contributed by atoms with E-state index in [0.29, 0.717) is 24.9 Å². The predicted molar refractivity (Wildman–Crippen MR) is 77.7 cm³/mol. The molecule has 2 rings (SSSR count). The summed E-state index contributed by atoms with van der Waals surface area (Å²) in [5, 5.41) is 4.06. The summed E-state index contributed by atoms with van der Waals surface area (Å²) < 4.78 is 41.2. The molecule has 0 unspecified atom stereocenters. The number of hydrogen-bond acceptors (Lipinski definition) is 5. The summed E-state index contributed by atoms with van der Waals surface area (Å²) >= 11 is 1.34. The Morgan fingerprint density at radius 2 is 2.00 bits per heavy atom. The van der Waals surface area contributed by atoms with Gasteiger partial charge in [-0.05, 0) is 31.8 Å². The predicted octanol–water partition coefficient (Wildman–Crippen LogP) is 3.35. The first-order valence-electron chi connectivity index (χ1n) is 7.20. The van der Waals surface area contributed by atoms with Gasteiger partial charge in [0.2, 0.25) is 5.13 Å². The lowest BCUT2D eigenvalue weighted by Gasteiger charge is -2.32. The summed E-state index contributed by atoms with van der Waals surface area (Å²) in [5.74, 6) is 1.55. The van der Waals surface area contributed by atoms with Gasteiger partial charge in [0.1, 0.15) is 5.82 Å². The third-order valence-electron chi connectivity index (χ3n) is 3.61. The molecule has 8 heteroatoms. The number of aromatic nitrogens is 2. The second kappa shape index (κ2) is 6.91. The van der Waals surface area contributed by atoms with Gasteiger partial charge >= 0.3 is 6.18 Å². The first-order valence-corrected chi connectivity index (χ1v) is 7.97. The van der Waals surface area contributed by atoms with Crippen LogP contribution in [0.25, 0.3) is 0 Å². The monoisotopic (exact) mass is 322 g/mol. The van der Waals surface area contributed by atoms with Gasteiger partial charge in [0, 0.05) is 24.0 Å². The van der Waals surface area contributed by atoms with Gasteiger partial charge in [-0.3, -0.25) is 4.90 Å². The highest BCUT2D eigenvalue weighted by Gasteiger charge is 2.32. The van der Waals surface area contributed by atoms with Crippen LogP contribution in [0.1, 0.15) is 38.4 Å². The van der Waals surface area contributed by atoms with Crippen molar-refractivity contribution in [1.82, 2.24) is 14.3 Å². The summed E-state index contributed by atoms with van der Waals surface area (Å²) in [6.07, 6.45) is -2.51. The van der Waals surface area contributed by atoms with Gasteiger partial charge in [0.25, 0.3) is 0 Å². The molecule has 1 aromatic rings. The first-order chi connectivity index (χ1) is 9.83. The normalized spacial score (nSPS) is 18.4. The van der Waals surface area contributed by atoms with Crippen molar-refractivity contribution in [2.45, 2.75) is 38.8 Å². The first kappa shape index (κ1) is 16.5. The fourth-order valence-electron chi connectivity index (χ4n) is 2.38. The average molecular weight is 322 g/mol. The van der Waals surface area contributed by atoms with Crippen molar-refractivity contribution < 1.29 is 13.2 Å². The zero-order chi connectivity index (χ0) is 15.5. The van der Waals surface area contributed by atoms with Gasteiger partial charge in [0.15, 0.2) is 0 Å². The minimum atomic E-state index is -4.09. The number of rotatable bonds is 5. The fourth-order valence-corrected chi connectivity index (χ4v) is 3.09. The second-order valence-electron chi connectivity index (χ2n) is 5.83. The van der Waals surface area contributed by atoms with Crippen molar-refractivity contribution >= 4 is 16.7 Å². The molecule has 0 aliphatic carbocycles. The zero-order valence-corrected chi connectivity index (χ0v) is 13.1. The van der Waals surface area contributed by atoms with Crippen LogP contribution in [0.4, 0.5) is 18.3 Å².